The van der Waals surface area contributed by atoms with Crippen molar-refractivity contribution in [3.8, 4) is 17.0 Å². The van der Waals surface area contributed by atoms with Crippen molar-refractivity contribution < 1.29 is 32.4 Å². The maximum absolute atomic E-state index is 14.6. The van der Waals surface area contributed by atoms with E-state index < -0.39 is 23.4 Å². The summed E-state index contributed by atoms with van der Waals surface area (Å²) in [6.45, 7) is 1.12. The molecule has 0 saturated carbocycles. The summed E-state index contributed by atoms with van der Waals surface area (Å²) in [5.74, 6) is -3.72. The molecule has 2 aromatic heterocycles. The second-order valence-corrected chi connectivity index (χ2v) is 12.6. The second-order valence-electron chi connectivity index (χ2n) is 11.1. The normalized spacial score (nSPS) is 15.5. The summed E-state index contributed by atoms with van der Waals surface area (Å²) in [6.07, 6.45) is 4.68. The van der Waals surface area contributed by atoms with Crippen LogP contribution in [-0.2, 0) is 18.4 Å². The summed E-state index contributed by atoms with van der Waals surface area (Å²) in [7, 11) is 6.81. The third kappa shape index (κ3) is 6.67. The first-order valence-corrected chi connectivity index (χ1v) is 15.1. The zero-order chi connectivity index (χ0) is 32.5. The number of ether oxygens (including phenoxy) is 1. The van der Waals surface area contributed by atoms with Gasteiger partial charge in [0.15, 0.2) is 28.6 Å². The average molecular weight is 659 g/mol. The van der Waals surface area contributed by atoms with Gasteiger partial charge in [-0.05, 0) is 30.3 Å². The van der Waals surface area contributed by atoms with Gasteiger partial charge in [0.05, 0.1) is 56.8 Å². The lowest BCUT2D eigenvalue weighted by Crippen LogP contribution is -2.50. The average Bonchev–Trinajstić information content (AvgIpc) is 3.71. The maximum atomic E-state index is 14.6. The van der Waals surface area contributed by atoms with Crippen molar-refractivity contribution in [3.63, 3.8) is 0 Å². The minimum atomic E-state index is -1.15. The number of carbonyl (C=O) groups is 3. The van der Waals surface area contributed by atoms with E-state index in [4.69, 9.17) is 16.3 Å². The minimum Gasteiger partial charge on any atom is -0.494 e. The number of likely N-dealkylation sites (tertiary alicyclic amines) is 1. The molecule has 1 fully saturated rings. The number of quaternary nitrogens is 1. The zero-order valence-electron chi connectivity index (χ0n) is 24.9. The summed E-state index contributed by atoms with van der Waals surface area (Å²) < 4.78 is 35.6. The standard InChI is InChI=1S/C30H30ClF2N7O4S/c1-39-21(19-9-10-23(44-4)25(33)24(19)32)15-34-26(39)29(43)37-16-7-8-18(20(31)12-16)27(41)35-13-17-14-36-30(45-17)38-28(42)22-6-5-11-40(22,2)3/h7-10,12,14-15,22H,5-6,11,13H2,1-4H3,(H2-,35,36,37,38,41,42,43)/p+1. The highest BCUT2D eigenvalue weighted by atomic mass is 35.5. The van der Waals surface area contributed by atoms with Crippen LogP contribution < -0.4 is 20.7 Å². The first kappa shape index (κ1) is 32.0. The van der Waals surface area contributed by atoms with Crippen LogP contribution in [0.3, 0.4) is 0 Å². The number of halogens is 3. The van der Waals surface area contributed by atoms with Gasteiger partial charge in [0.25, 0.3) is 17.7 Å². The number of amides is 3. The van der Waals surface area contributed by atoms with E-state index in [1.54, 1.807) is 6.20 Å². The van der Waals surface area contributed by atoms with E-state index in [2.05, 4.69) is 25.9 Å². The Labute approximate surface area is 266 Å². The Bertz CT molecular complexity index is 1790. The Morgan fingerprint density at radius 2 is 1.87 bits per heavy atom. The molecule has 45 heavy (non-hydrogen) atoms. The van der Waals surface area contributed by atoms with Gasteiger partial charge in [0.1, 0.15) is 0 Å². The maximum Gasteiger partial charge on any atom is 0.291 e. The molecule has 11 nitrogen and oxygen atoms in total. The minimum absolute atomic E-state index is 0.0636. The monoisotopic (exact) mass is 658 g/mol. The topological polar surface area (TPSA) is 127 Å². The van der Waals surface area contributed by atoms with Gasteiger partial charge in [-0.3, -0.25) is 19.7 Å². The number of thiazole rings is 1. The number of hydrogen-bond acceptors (Lipinski definition) is 7. The van der Waals surface area contributed by atoms with Gasteiger partial charge in [-0.1, -0.05) is 22.9 Å². The number of anilines is 2. The lowest BCUT2D eigenvalue weighted by Gasteiger charge is -2.30. The van der Waals surface area contributed by atoms with Gasteiger partial charge in [-0.15, -0.1) is 0 Å². The SMILES string of the molecule is COc1ccc(-c2cnc(C(=O)Nc3ccc(C(=O)NCc4cnc(NC(=O)C5CCC[N+]5(C)C)s4)c(Cl)c3)n2C)c(F)c1F. The highest BCUT2D eigenvalue weighted by Crippen LogP contribution is 2.30. The first-order valence-electron chi connectivity index (χ1n) is 13.9. The number of nitrogens with one attached hydrogen (secondary N) is 3. The van der Waals surface area contributed by atoms with Crippen molar-refractivity contribution in [1.29, 1.82) is 0 Å². The van der Waals surface area contributed by atoms with Gasteiger partial charge < -0.3 is 24.4 Å². The lowest BCUT2D eigenvalue weighted by atomic mass is 10.1. The number of aromatic nitrogens is 3. The van der Waals surface area contributed by atoms with Gasteiger partial charge in [-0.25, -0.2) is 14.4 Å². The van der Waals surface area contributed by atoms with Crippen molar-refractivity contribution >= 4 is 51.5 Å². The van der Waals surface area contributed by atoms with Gasteiger partial charge in [0, 0.05) is 42.2 Å². The molecule has 4 aromatic rings. The molecule has 3 heterocycles. The molecule has 0 bridgehead atoms. The summed E-state index contributed by atoms with van der Waals surface area (Å²) >= 11 is 7.65. The summed E-state index contributed by atoms with van der Waals surface area (Å²) in [6, 6.07) is 6.88. The van der Waals surface area contributed by atoms with Crippen LogP contribution >= 0.6 is 22.9 Å². The number of benzene rings is 2. The fourth-order valence-electron chi connectivity index (χ4n) is 5.27. The number of hydrogen-bond donors (Lipinski definition) is 3. The third-order valence-electron chi connectivity index (χ3n) is 7.77. The number of nitrogens with zero attached hydrogens (tertiary/aromatic N) is 4. The molecule has 1 aliphatic heterocycles. The van der Waals surface area contributed by atoms with Crippen LogP contribution in [0.15, 0.2) is 42.7 Å². The van der Waals surface area contributed by atoms with Crippen LogP contribution in [0.4, 0.5) is 19.6 Å². The van der Waals surface area contributed by atoms with Crippen molar-refractivity contribution in [3.05, 3.63) is 75.6 Å². The van der Waals surface area contributed by atoms with Gasteiger partial charge >= 0.3 is 0 Å². The Hall–Kier alpha value is -4.40. The van der Waals surface area contributed by atoms with E-state index in [9.17, 15) is 23.2 Å². The highest BCUT2D eigenvalue weighted by molar-refractivity contribution is 7.15. The Morgan fingerprint density at radius 3 is 2.56 bits per heavy atom. The number of methoxy groups -OCH3 is 1. The molecular weight excluding hydrogens is 628 g/mol. The Morgan fingerprint density at radius 1 is 1.09 bits per heavy atom. The molecule has 2 aromatic carbocycles. The van der Waals surface area contributed by atoms with E-state index in [1.165, 1.54) is 66.6 Å². The van der Waals surface area contributed by atoms with E-state index in [0.717, 1.165) is 24.3 Å². The quantitative estimate of drug-likeness (QED) is 0.221. The predicted molar refractivity (Wildman–Crippen MR) is 166 cm³/mol. The zero-order valence-corrected chi connectivity index (χ0v) is 26.5. The van der Waals surface area contributed by atoms with Gasteiger partial charge in [-0.2, -0.15) is 4.39 Å². The molecule has 0 aliphatic carbocycles. The largest absolute Gasteiger partial charge is 0.494 e. The van der Waals surface area contributed by atoms with Crippen LogP contribution in [0.5, 0.6) is 5.75 Å². The van der Waals surface area contributed by atoms with Crippen molar-refractivity contribution in [2.45, 2.75) is 25.4 Å². The van der Waals surface area contributed by atoms with Crippen LogP contribution in [0.1, 0.15) is 38.7 Å². The second kappa shape index (κ2) is 12.9. The fourth-order valence-corrected chi connectivity index (χ4v) is 6.29. The highest BCUT2D eigenvalue weighted by Gasteiger charge is 2.39. The van der Waals surface area contributed by atoms with Crippen LogP contribution in [0.2, 0.25) is 5.02 Å². The molecule has 1 atom stereocenters. The smallest absolute Gasteiger partial charge is 0.291 e. The summed E-state index contributed by atoms with van der Waals surface area (Å²) in [5.41, 5.74) is 0.564. The molecular formula is C30H31ClF2N7O4S+. The summed E-state index contributed by atoms with van der Waals surface area (Å²) in [5, 5.41) is 8.88. The van der Waals surface area contributed by atoms with Crippen molar-refractivity contribution in [2.24, 2.45) is 7.05 Å². The molecule has 1 saturated heterocycles. The molecule has 1 aliphatic rings. The molecule has 0 spiro atoms. The molecule has 15 heteroatoms. The molecule has 5 rings (SSSR count). The van der Waals surface area contributed by atoms with E-state index in [0.29, 0.717) is 15.3 Å². The molecule has 1 unspecified atom stereocenters. The van der Waals surface area contributed by atoms with E-state index >= 15 is 0 Å². The molecule has 0 radical (unpaired) electrons. The number of rotatable bonds is 9. The Balaban J connectivity index is 1.19. The van der Waals surface area contributed by atoms with E-state index in [-0.39, 0.29) is 51.9 Å². The number of carbonyl (C=O) groups excluding carboxylic acids is 3. The lowest BCUT2D eigenvalue weighted by molar-refractivity contribution is -0.892. The first-order chi connectivity index (χ1) is 21.4. The van der Waals surface area contributed by atoms with E-state index in [1.807, 2.05) is 14.1 Å². The Kier molecular flexibility index (Phi) is 9.18. The number of likely N-dealkylation sites (N-methyl/N-ethyl adjacent to an activating group) is 1. The fraction of sp³-hybridized carbons (Fsp3) is 0.300. The molecule has 3 amide bonds. The summed E-state index contributed by atoms with van der Waals surface area (Å²) in [4.78, 5) is 47.6. The van der Waals surface area contributed by atoms with Crippen molar-refractivity contribution in [2.75, 3.05) is 38.4 Å². The molecule has 3 N–H and O–H groups in total. The predicted octanol–water partition coefficient (Wildman–Crippen LogP) is 4.84. The van der Waals surface area contributed by atoms with Crippen molar-refractivity contribution in [1.82, 2.24) is 19.9 Å². The van der Waals surface area contributed by atoms with Crippen LogP contribution in [-0.4, -0.2) is 70.5 Å². The molecule has 236 valence electrons. The number of imidazole rings is 1. The van der Waals surface area contributed by atoms with Crippen LogP contribution in [0, 0.1) is 11.6 Å². The van der Waals surface area contributed by atoms with Crippen LogP contribution in [0.25, 0.3) is 11.3 Å². The third-order valence-corrected chi connectivity index (χ3v) is 9.00. The van der Waals surface area contributed by atoms with Gasteiger partial charge in [0.2, 0.25) is 5.82 Å².